The second-order valence-corrected chi connectivity index (χ2v) is 19.1. The van der Waals surface area contributed by atoms with Crippen molar-refractivity contribution in [2.45, 2.75) is 113 Å². The first kappa shape index (κ1) is 47.9. The standard InChI is InChI=1S/C27H32FN7O3.C24H29FN6O2/c28-18-1-5-22(6-2-18)35-24(17-34(27(35)37)21-10-15-38-16-11-21)23-9-12-29-25(32-23)31-19-3-7-20(8-4-19)33-14-13-30-26(33)36;25-16-1-7-20(8-2-16)31-22(15-30(24(31)32)19-10-13-33-14-11-19)21-9-12-27-23(29-21)28-18-5-3-17(26)4-6-18/h1-2,5-6,9,12,17,19-21H,3-4,7-8,10-11,13-16H2,(H,30,36)(H,29,31,32);1-2,7-9,12,15,17-19H,3-6,10-11,13-14,26H2,(H,27,28,29). The van der Waals surface area contributed by atoms with Crippen molar-refractivity contribution in [1.29, 1.82) is 0 Å². The maximum Gasteiger partial charge on any atom is 0.333 e. The van der Waals surface area contributed by atoms with E-state index in [1.54, 1.807) is 67.1 Å². The molecule has 5 N–H and O–H groups in total. The first-order valence-corrected chi connectivity index (χ1v) is 25.0. The Labute approximate surface area is 409 Å². The Balaban J connectivity index is 0.000000166. The molecule has 0 atom stereocenters. The largest absolute Gasteiger partial charge is 0.381 e. The summed E-state index contributed by atoms with van der Waals surface area (Å²) in [6, 6.07) is 16.6. The molecule has 0 bridgehead atoms. The van der Waals surface area contributed by atoms with Crippen LogP contribution in [0.5, 0.6) is 0 Å². The highest BCUT2D eigenvalue weighted by Gasteiger charge is 2.32. The average molecular weight is 974 g/mol. The summed E-state index contributed by atoms with van der Waals surface area (Å²) in [5, 5.41) is 9.77. The zero-order valence-electron chi connectivity index (χ0n) is 39.7. The van der Waals surface area contributed by atoms with Crippen LogP contribution in [-0.4, -0.2) is 113 Å². The Morgan fingerprint density at radius 2 is 1.00 bits per heavy atom. The molecule has 20 heteroatoms. The molecule has 0 unspecified atom stereocenters. The fourth-order valence-corrected chi connectivity index (χ4v) is 10.6. The van der Waals surface area contributed by atoms with Crippen LogP contribution < -0.4 is 33.1 Å². The monoisotopic (exact) mass is 973 g/mol. The van der Waals surface area contributed by atoms with Gasteiger partial charge in [0.1, 0.15) is 11.6 Å². The maximum atomic E-state index is 13.7. The lowest BCUT2D eigenvalue weighted by Crippen LogP contribution is -2.42. The summed E-state index contributed by atoms with van der Waals surface area (Å²) in [6.45, 7) is 3.97. The van der Waals surface area contributed by atoms with E-state index in [1.165, 1.54) is 24.3 Å². The van der Waals surface area contributed by atoms with Crippen LogP contribution in [0.15, 0.2) is 95.0 Å². The number of amides is 2. The van der Waals surface area contributed by atoms with Crippen LogP contribution in [-0.2, 0) is 9.47 Å². The third kappa shape index (κ3) is 10.9. The highest BCUT2D eigenvalue weighted by Crippen LogP contribution is 2.30. The summed E-state index contributed by atoms with van der Waals surface area (Å²) in [5.74, 6) is 0.324. The Morgan fingerprint density at radius 1 is 0.563 bits per heavy atom. The van der Waals surface area contributed by atoms with Gasteiger partial charge in [-0.15, -0.1) is 0 Å². The van der Waals surface area contributed by atoms with Crippen molar-refractivity contribution in [1.82, 2.24) is 48.4 Å². The van der Waals surface area contributed by atoms with Gasteiger partial charge in [0.15, 0.2) is 0 Å². The van der Waals surface area contributed by atoms with Gasteiger partial charge in [0, 0.05) is 101 Å². The molecule has 4 aromatic heterocycles. The van der Waals surface area contributed by atoms with Crippen molar-refractivity contribution in [2.75, 3.05) is 50.2 Å². The van der Waals surface area contributed by atoms with E-state index >= 15 is 0 Å². The second kappa shape index (κ2) is 21.7. The molecule has 11 rings (SSSR count). The van der Waals surface area contributed by atoms with E-state index in [9.17, 15) is 23.2 Å². The highest BCUT2D eigenvalue weighted by atomic mass is 19.1. The van der Waals surface area contributed by atoms with Gasteiger partial charge >= 0.3 is 17.4 Å². The van der Waals surface area contributed by atoms with Gasteiger partial charge in [0.05, 0.1) is 34.2 Å². The molecular formula is C51H61F2N13O5. The minimum Gasteiger partial charge on any atom is -0.381 e. The lowest BCUT2D eigenvalue weighted by Gasteiger charge is -2.34. The first-order chi connectivity index (χ1) is 34.6. The number of hydrogen-bond acceptors (Lipinski definition) is 12. The van der Waals surface area contributed by atoms with Gasteiger partial charge in [-0.1, -0.05) is 0 Å². The number of aromatic nitrogens is 8. The third-order valence-corrected chi connectivity index (χ3v) is 14.5. The number of halogens is 2. The summed E-state index contributed by atoms with van der Waals surface area (Å²) in [5.41, 5.74) is 9.36. The lowest BCUT2D eigenvalue weighted by molar-refractivity contribution is 0.0685. The molecule has 0 radical (unpaired) electrons. The van der Waals surface area contributed by atoms with Crippen molar-refractivity contribution in [3.63, 3.8) is 0 Å². The van der Waals surface area contributed by atoms with Gasteiger partial charge in [0.25, 0.3) is 0 Å². The molecule has 5 fully saturated rings. The minimum absolute atomic E-state index is 0.0315. The number of urea groups is 1. The summed E-state index contributed by atoms with van der Waals surface area (Å²) in [4.78, 5) is 59.4. The number of nitrogens with one attached hydrogen (secondary N) is 3. The number of imidazole rings is 2. The summed E-state index contributed by atoms with van der Waals surface area (Å²) < 4.78 is 44.9. The van der Waals surface area contributed by atoms with E-state index in [4.69, 9.17) is 25.2 Å². The average Bonchev–Trinajstić information content (AvgIpc) is 4.10. The van der Waals surface area contributed by atoms with Crippen LogP contribution >= 0.6 is 0 Å². The van der Waals surface area contributed by atoms with Crippen LogP contribution in [0.2, 0.25) is 0 Å². The second-order valence-electron chi connectivity index (χ2n) is 19.1. The Hall–Kier alpha value is -6.77. The van der Waals surface area contributed by atoms with E-state index in [0.29, 0.717) is 72.5 Å². The fourth-order valence-electron chi connectivity index (χ4n) is 10.6. The summed E-state index contributed by atoms with van der Waals surface area (Å²) in [7, 11) is 0. The van der Waals surface area contributed by atoms with Crippen LogP contribution in [0, 0.1) is 11.6 Å². The van der Waals surface area contributed by atoms with Gasteiger partial charge < -0.3 is 36.1 Å². The van der Waals surface area contributed by atoms with Gasteiger partial charge in [0.2, 0.25) is 11.9 Å². The minimum atomic E-state index is -0.360. The van der Waals surface area contributed by atoms with E-state index < -0.39 is 0 Å². The SMILES string of the molecule is NC1CCC(Nc2nccc(-c3cn(C4CCOCC4)c(=O)n3-c3ccc(F)cc3)n2)CC1.O=C1NCCN1C1CCC(Nc2nccc(-c3cn(C4CCOCC4)c(=O)n3-c3ccc(F)cc3)n2)CC1. The molecule has 3 saturated heterocycles. The van der Waals surface area contributed by atoms with Crippen molar-refractivity contribution in [3.05, 3.63) is 118 Å². The maximum absolute atomic E-state index is 13.7. The van der Waals surface area contributed by atoms with Crippen molar-refractivity contribution in [3.8, 4) is 34.2 Å². The van der Waals surface area contributed by atoms with E-state index in [2.05, 4.69) is 25.9 Å². The van der Waals surface area contributed by atoms with Gasteiger partial charge in [-0.05, 0) is 138 Å². The predicted molar refractivity (Wildman–Crippen MR) is 264 cm³/mol. The quantitative estimate of drug-likeness (QED) is 0.108. The molecule has 5 aliphatic rings. The number of anilines is 2. The summed E-state index contributed by atoms with van der Waals surface area (Å²) in [6.07, 6.45) is 17.8. The molecule has 2 saturated carbocycles. The molecule has 2 amide bonds. The van der Waals surface area contributed by atoms with E-state index in [1.807, 2.05) is 17.3 Å². The molecule has 6 aromatic rings. The molecule has 18 nitrogen and oxygen atoms in total. The third-order valence-electron chi connectivity index (χ3n) is 14.5. The number of benzene rings is 2. The molecule has 3 aliphatic heterocycles. The number of carbonyl (C=O) groups excluding carboxylic acids is 1. The fraction of sp³-hybridized carbons (Fsp3) is 0.471. The zero-order chi connectivity index (χ0) is 48.8. The molecule has 71 heavy (non-hydrogen) atoms. The summed E-state index contributed by atoms with van der Waals surface area (Å²) >= 11 is 0. The first-order valence-electron chi connectivity index (χ1n) is 25.0. The number of nitrogens with zero attached hydrogens (tertiary/aromatic N) is 9. The van der Waals surface area contributed by atoms with Gasteiger partial charge in [-0.3, -0.25) is 18.3 Å². The Morgan fingerprint density at radius 3 is 1.42 bits per heavy atom. The van der Waals surface area contributed by atoms with Gasteiger partial charge in [-0.25, -0.2) is 43.1 Å². The van der Waals surface area contributed by atoms with Crippen LogP contribution in [0.1, 0.15) is 89.1 Å². The number of ether oxygens (including phenoxy) is 2. The molecule has 374 valence electrons. The molecule has 7 heterocycles. The number of rotatable bonds is 11. The molecule has 2 aromatic carbocycles. The van der Waals surface area contributed by atoms with Crippen LogP contribution in [0.4, 0.5) is 25.5 Å². The zero-order valence-corrected chi connectivity index (χ0v) is 39.7. The van der Waals surface area contributed by atoms with Crippen molar-refractivity contribution < 1.29 is 23.0 Å². The molecule has 2 aliphatic carbocycles. The number of nitrogens with two attached hydrogens (primary N) is 1. The topological polar surface area (TPSA) is 206 Å². The predicted octanol–water partition coefficient (Wildman–Crippen LogP) is 6.60. The Bertz CT molecular complexity index is 2880. The van der Waals surface area contributed by atoms with Crippen molar-refractivity contribution in [2.24, 2.45) is 5.73 Å². The normalized spacial score (nSPS) is 22.1. The van der Waals surface area contributed by atoms with E-state index in [0.717, 1.165) is 90.1 Å². The number of carbonyl (C=O) groups is 1. The number of hydrogen-bond donors (Lipinski definition) is 4. The lowest BCUT2D eigenvalue weighted by atomic mass is 9.90. The smallest absolute Gasteiger partial charge is 0.333 e. The van der Waals surface area contributed by atoms with Crippen LogP contribution in [0.25, 0.3) is 34.2 Å². The molecule has 0 spiro atoms. The van der Waals surface area contributed by atoms with Crippen LogP contribution in [0.3, 0.4) is 0 Å². The van der Waals surface area contributed by atoms with Gasteiger partial charge in [-0.2, -0.15) is 0 Å². The van der Waals surface area contributed by atoms with E-state index in [-0.39, 0.29) is 65.3 Å². The highest BCUT2D eigenvalue weighted by molar-refractivity contribution is 5.76. The van der Waals surface area contributed by atoms with Crippen molar-refractivity contribution >= 4 is 17.9 Å². The molecular weight excluding hydrogens is 913 g/mol. The Kier molecular flexibility index (Phi) is 14.6.